The van der Waals surface area contributed by atoms with Crippen molar-refractivity contribution in [3.8, 4) is 11.5 Å². The fourth-order valence-electron chi connectivity index (χ4n) is 3.50. The number of amides is 1. The zero-order valence-electron chi connectivity index (χ0n) is 18.8. The molecule has 0 saturated carbocycles. The maximum absolute atomic E-state index is 12.5. The van der Waals surface area contributed by atoms with Crippen LogP contribution in [0.5, 0.6) is 11.5 Å². The summed E-state index contributed by atoms with van der Waals surface area (Å²) in [6.45, 7) is 3.28. The van der Waals surface area contributed by atoms with E-state index in [2.05, 4.69) is 16.3 Å². The van der Waals surface area contributed by atoms with Gasteiger partial charge >= 0.3 is 11.9 Å². The Balaban J connectivity index is 0.000000569. The van der Waals surface area contributed by atoms with Crippen molar-refractivity contribution in [2.45, 2.75) is 25.9 Å². The topological polar surface area (TPSA) is 125 Å². The number of nitrogens with zero attached hydrogens (tertiary/aromatic N) is 1. The van der Waals surface area contributed by atoms with Gasteiger partial charge in [-0.25, -0.2) is 9.59 Å². The Kier molecular flexibility index (Phi) is 10.2. The van der Waals surface area contributed by atoms with E-state index >= 15 is 0 Å². The highest BCUT2D eigenvalue weighted by Gasteiger charge is 2.25. The number of benzene rings is 2. The number of carbonyl (C=O) groups is 3. The number of carboxylic acid groups (broad SMARTS) is 2. The normalized spacial score (nSPS) is 13.9. The first-order valence-corrected chi connectivity index (χ1v) is 10.5. The number of nitrogens with one attached hydrogen (secondary N) is 1. The number of hydrogen-bond acceptors (Lipinski definition) is 6. The van der Waals surface area contributed by atoms with Crippen LogP contribution in [0.15, 0.2) is 48.5 Å². The van der Waals surface area contributed by atoms with Crippen LogP contribution in [0, 0.1) is 5.92 Å². The Bertz CT molecular complexity index is 911. The number of likely N-dealkylation sites (tertiary alicyclic amines) is 1. The van der Waals surface area contributed by atoms with Crippen LogP contribution >= 0.6 is 0 Å². The van der Waals surface area contributed by atoms with Gasteiger partial charge in [0.2, 0.25) is 5.91 Å². The van der Waals surface area contributed by atoms with Gasteiger partial charge in [-0.05, 0) is 49.7 Å². The largest absolute Gasteiger partial charge is 0.497 e. The summed E-state index contributed by atoms with van der Waals surface area (Å²) in [5.74, 6) is -1.64. The predicted molar refractivity (Wildman–Crippen MR) is 121 cm³/mol. The first-order valence-electron chi connectivity index (χ1n) is 10.5. The van der Waals surface area contributed by atoms with E-state index in [1.54, 1.807) is 14.2 Å². The maximum Gasteiger partial charge on any atom is 0.414 e. The molecule has 0 spiro atoms. The lowest BCUT2D eigenvalue weighted by Gasteiger charge is -2.31. The second-order valence-corrected chi connectivity index (χ2v) is 7.54. The summed E-state index contributed by atoms with van der Waals surface area (Å²) in [5.41, 5.74) is 2.28. The third-order valence-corrected chi connectivity index (χ3v) is 5.35. The van der Waals surface area contributed by atoms with Gasteiger partial charge in [-0.15, -0.1) is 0 Å². The molecule has 1 aliphatic rings. The van der Waals surface area contributed by atoms with Crippen LogP contribution < -0.4 is 14.8 Å². The Morgan fingerprint density at radius 1 is 0.939 bits per heavy atom. The summed E-state index contributed by atoms with van der Waals surface area (Å²) < 4.78 is 10.6. The van der Waals surface area contributed by atoms with Crippen molar-refractivity contribution in [3.05, 3.63) is 59.7 Å². The molecule has 178 valence electrons. The standard InChI is InChI=1S/C22H28N2O3.C2H2O4/c1-26-20-9-7-17(8-10-20)15-23-22(25)18-11-13-24(14-12-18)16-19-5-3-4-6-21(19)27-2;3-1(4)2(5)6/h3-10,18H,11-16H2,1-2H3,(H,23,25);(H,3,4)(H,5,6). The van der Waals surface area contributed by atoms with Crippen LogP contribution in [0.3, 0.4) is 0 Å². The first-order chi connectivity index (χ1) is 15.8. The monoisotopic (exact) mass is 458 g/mol. The van der Waals surface area contributed by atoms with Crippen molar-refractivity contribution in [3.63, 3.8) is 0 Å². The van der Waals surface area contributed by atoms with Gasteiger partial charge in [-0.2, -0.15) is 0 Å². The number of carbonyl (C=O) groups excluding carboxylic acids is 1. The summed E-state index contributed by atoms with van der Waals surface area (Å²) >= 11 is 0. The second kappa shape index (κ2) is 13.1. The molecule has 1 heterocycles. The lowest BCUT2D eigenvalue weighted by molar-refractivity contribution is -0.159. The summed E-state index contributed by atoms with van der Waals surface area (Å²) in [4.78, 5) is 33.1. The predicted octanol–water partition coefficient (Wildman–Crippen LogP) is 2.39. The van der Waals surface area contributed by atoms with Crippen molar-refractivity contribution >= 4 is 17.8 Å². The van der Waals surface area contributed by atoms with E-state index < -0.39 is 11.9 Å². The zero-order chi connectivity index (χ0) is 24.2. The van der Waals surface area contributed by atoms with Crippen molar-refractivity contribution in [2.24, 2.45) is 5.92 Å². The molecule has 3 N–H and O–H groups in total. The number of aliphatic carboxylic acids is 2. The minimum atomic E-state index is -1.82. The molecule has 1 fully saturated rings. The molecule has 2 aromatic carbocycles. The maximum atomic E-state index is 12.5. The highest BCUT2D eigenvalue weighted by Crippen LogP contribution is 2.23. The molecule has 1 amide bonds. The molecular formula is C24H30N2O7. The SMILES string of the molecule is COc1ccc(CNC(=O)C2CCN(Cc3ccccc3OC)CC2)cc1.O=C(O)C(=O)O. The van der Waals surface area contributed by atoms with E-state index in [0.29, 0.717) is 6.54 Å². The summed E-state index contributed by atoms with van der Waals surface area (Å²) in [6, 6.07) is 15.9. The van der Waals surface area contributed by atoms with E-state index in [0.717, 1.165) is 49.5 Å². The number of ether oxygens (including phenoxy) is 2. The minimum Gasteiger partial charge on any atom is -0.497 e. The third-order valence-electron chi connectivity index (χ3n) is 5.35. The van der Waals surface area contributed by atoms with Crippen LogP contribution in [-0.2, 0) is 27.5 Å². The Morgan fingerprint density at radius 2 is 1.55 bits per heavy atom. The molecule has 0 bridgehead atoms. The fourth-order valence-corrected chi connectivity index (χ4v) is 3.50. The average molecular weight is 459 g/mol. The third kappa shape index (κ3) is 8.46. The highest BCUT2D eigenvalue weighted by molar-refractivity contribution is 6.27. The molecule has 33 heavy (non-hydrogen) atoms. The molecule has 1 saturated heterocycles. The van der Waals surface area contributed by atoms with Gasteiger partial charge < -0.3 is 25.0 Å². The molecule has 3 rings (SSSR count). The number of hydrogen-bond donors (Lipinski definition) is 3. The highest BCUT2D eigenvalue weighted by atomic mass is 16.5. The van der Waals surface area contributed by atoms with Crippen molar-refractivity contribution in [2.75, 3.05) is 27.3 Å². The number of methoxy groups -OCH3 is 2. The fraction of sp³-hybridized carbons (Fsp3) is 0.375. The quantitative estimate of drug-likeness (QED) is 0.540. The molecule has 0 aromatic heterocycles. The lowest BCUT2D eigenvalue weighted by Crippen LogP contribution is -2.40. The van der Waals surface area contributed by atoms with Crippen LogP contribution in [0.25, 0.3) is 0 Å². The van der Waals surface area contributed by atoms with E-state index in [4.69, 9.17) is 29.3 Å². The smallest absolute Gasteiger partial charge is 0.414 e. The molecule has 9 heteroatoms. The van der Waals surface area contributed by atoms with E-state index in [9.17, 15) is 4.79 Å². The van der Waals surface area contributed by atoms with Gasteiger partial charge in [-0.3, -0.25) is 9.69 Å². The number of carboxylic acids is 2. The van der Waals surface area contributed by atoms with Crippen LogP contribution in [0.2, 0.25) is 0 Å². The molecule has 0 atom stereocenters. The zero-order valence-corrected chi connectivity index (χ0v) is 18.8. The summed E-state index contributed by atoms with van der Waals surface area (Å²) in [7, 11) is 3.36. The Labute approximate surface area is 192 Å². The molecule has 0 aliphatic carbocycles. The number of para-hydroxylation sites is 1. The van der Waals surface area contributed by atoms with Crippen molar-refractivity contribution < 1.29 is 34.1 Å². The number of piperidine rings is 1. The first kappa shape index (κ1) is 25.7. The van der Waals surface area contributed by atoms with Crippen LogP contribution in [-0.4, -0.2) is 60.3 Å². The molecule has 0 unspecified atom stereocenters. The van der Waals surface area contributed by atoms with E-state index in [-0.39, 0.29) is 11.8 Å². The van der Waals surface area contributed by atoms with E-state index in [1.165, 1.54) is 5.56 Å². The van der Waals surface area contributed by atoms with Crippen molar-refractivity contribution in [1.82, 2.24) is 10.2 Å². The molecule has 1 aliphatic heterocycles. The van der Waals surface area contributed by atoms with Crippen LogP contribution in [0.4, 0.5) is 0 Å². The van der Waals surface area contributed by atoms with Crippen LogP contribution in [0.1, 0.15) is 24.0 Å². The van der Waals surface area contributed by atoms with Gasteiger partial charge in [0.15, 0.2) is 0 Å². The molecule has 2 aromatic rings. The van der Waals surface area contributed by atoms with Gasteiger partial charge in [0.05, 0.1) is 14.2 Å². The van der Waals surface area contributed by atoms with Gasteiger partial charge in [0.1, 0.15) is 11.5 Å². The molecular weight excluding hydrogens is 428 g/mol. The van der Waals surface area contributed by atoms with E-state index in [1.807, 2.05) is 42.5 Å². The van der Waals surface area contributed by atoms with Gasteiger partial charge in [0, 0.05) is 24.6 Å². The van der Waals surface area contributed by atoms with Crippen molar-refractivity contribution in [1.29, 1.82) is 0 Å². The average Bonchev–Trinajstić information content (AvgIpc) is 2.84. The molecule has 9 nitrogen and oxygen atoms in total. The van der Waals surface area contributed by atoms with Gasteiger partial charge in [0.25, 0.3) is 0 Å². The van der Waals surface area contributed by atoms with Gasteiger partial charge in [-0.1, -0.05) is 30.3 Å². The Hall–Kier alpha value is -3.59. The lowest BCUT2D eigenvalue weighted by atomic mass is 9.95. The second-order valence-electron chi connectivity index (χ2n) is 7.54. The summed E-state index contributed by atoms with van der Waals surface area (Å²) in [5, 5.41) is 17.9. The minimum absolute atomic E-state index is 0.0946. The summed E-state index contributed by atoms with van der Waals surface area (Å²) in [6.07, 6.45) is 1.78. The number of rotatable bonds is 7. The molecule has 0 radical (unpaired) electrons. The Morgan fingerprint density at radius 3 is 2.09 bits per heavy atom.